The highest BCUT2D eigenvalue weighted by Crippen LogP contribution is 2.23. The Morgan fingerprint density at radius 1 is 1.38 bits per heavy atom. The van der Waals surface area contributed by atoms with Crippen LogP contribution in [-0.2, 0) is 6.54 Å². The molecule has 0 unspecified atom stereocenters. The standard InChI is InChI=1S/C10H9BrN2/c11-10-3-1-2-7-6-13-8(5-12)4-9(7)10/h1-4,6H,5,12H2. The van der Waals surface area contributed by atoms with E-state index in [1.807, 2.05) is 30.5 Å². The summed E-state index contributed by atoms with van der Waals surface area (Å²) in [4.78, 5) is 4.22. The number of benzene rings is 1. The summed E-state index contributed by atoms with van der Waals surface area (Å²) in [6, 6.07) is 8.06. The van der Waals surface area contributed by atoms with Gasteiger partial charge in [0.05, 0.1) is 5.69 Å². The monoisotopic (exact) mass is 236 g/mol. The Balaban J connectivity index is 2.74. The molecule has 13 heavy (non-hydrogen) atoms. The number of pyridine rings is 1. The number of aromatic nitrogens is 1. The molecular formula is C10H9BrN2. The van der Waals surface area contributed by atoms with E-state index in [2.05, 4.69) is 20.9 Å². The van der Waals surface area contributed by atoms with E-state index in [4.69, 9.17) is 5.73 Å². The first-order chi connectivity index (χ1) is 6.31. The molecular weight excluding hydrogens is 228 g/mol. The lowest BCUT2D eigenvalue weighted by molar-refractivity contribution is 0.998. The van der Waals surface area contributed by atoms with Crippen LogP contribution in [0.5, 0.6) is 0 Å². The second-order valence-electron chi connectivity index (χ2n) is 2.84. The summed E-state index contributed by atoms with van der Waals surface area (Å²) in [5.41, 5.74) is 6.43. The maximum absolute atomic E-state index is 5.51. The smallest absolute Gasteiger partial charge is 0.0546 e. The van der Waals surface area contributed by atoms with Crippen molar-refractivity contribution >= 4 is 26.7 Å². The first-order valence-electron chi connectivity index (χ1n) is 4.04. The van der Waals surface area contributed by atoms with E-state index in [1.165, 1.54) is 0 Å². The average molecular weight is 237 g/mol. The van der Waals surface area contributed by atoms with Crippen LogP contribution in [0.15, 0.2) is 34.9 Å². The topological polar surface area (TPSA) is 38.9 Å². The van der Waals surface area contributed by atoms with Crippen molar-refractivity contribution in [2.24, 2.45) is 5.73 Å². The van der Waals surface area contributed by atoms with Crippen LogP contribution in [0.1, 0.15) is 5.69 Å². The largest absolute Gasteiger partial charge is 0.325 e. The molecule has 2 nitrogen and oxygen atoms in total. The Bertz CT molecular complexity index is 440. The SMILES string of the molecule is NCc1cc2c(Br)cccc2cn1. The van der Waals surface area contributed by atoms with E-state index < -0.39 is 0 Å². The number of rotatable bonds is 1. The average Bonchev–Trinajstić information content (AvgIpc) is 2.18. The van der Waals surface area contributed by atoms with Crippen molar-refractivity contribution < 1.29 is 0 Å². The zero-order valence-corrected chi connectivity index (χ0v) is 8.58. The van der Waals surface area contributed by atoms with Gasteiger partial charge < -0.3 is 5.73 Å². The van der Waals surface area contributed by atoms with Crippen molar-refractivity contribution in [2.45, 2.75) is 6.54 Å². The molecule has 0 fully saturated rings. The Hall–Kier alpha value is -0.930. The molecule has 2 N–H and O–H groups in total. The second kappa shape index (κ2) is 3.44. The highest BCUT2D eigenvalue weighted by Gasteiger charge is 1.99. The number of fused-ring (bicyclic) bond motifs is 1. The van der Waals surface area contributed by atoms with E-state index >= 15 is 0 Å². The van der Waals surface area contributed by atoms with Crippen LogP contribution in [0.4, 0.5) is 0 Å². The second-order valence-corrected chi connectivity index (χ2v) is 3.70. The van der Waals surface area contributed by atoms with Crippen molar-refractivity contribution in [2.75, 3.05) is 0 Å². The normalized spacial score (nSPS) is 10.6. The summed E-state index contributed by atoms with van der Waals surface area (Å²) in [5, 5.41) is 2.30. The van der Waals surface area contributed by atoms with E-state index in [1.54, 1.807) is 0 Å². The van der Waals surface area contributed by atoms with Crippen LogP contribution in [0.3, 0.4) is 0 Å². The van der Waals surface area contributed by atoms with E-state index in [0.717, 1.165) is 20.9 Å². The third-order valence-electron chi connectivity index (χ3n) is 1.98. The molecule has 0 radical (unpaired) electrons. The van der Waals surface area contributed by atoms with Crippen molar-refractivity contribution in [1.82, 2.24) is 4.98 Å². The fraction of sp³-hybridized carbons (Fsp3) is 0.100. The lowest BCUT2D eigenvalue weighted by Crippen LogP contribution is -1.98. The summed E-state index contributed by atoms with van der Waals surface area (Å²) >= 11 is 3.49. The van der Waals surface area contributed by atoms with E-state index in [-0.39, 0.29) is 0 Å². The summed E-state index contributed by atoms with van der Waals surface area (Å²) in [6.07, 6.45) is 1.85. The molecule has 0 amide bonds. The van der Waals surface area contributed by atoms with Gasteiger partial charge in [0, 0.05) is 22.6 Å². The van der Waals surface area contributed by atoms with Gasteiger partial charge in [-0.2, -0.15) is 0 Å². The Morgan fingerprint density at radius 3 is 3.00 bits per heavy atom. The number of hydrogen-bond acceptors (Lipinski definition) is 2. The molecule has 1 aromatic heterocycles. The lowest BCUT2D eigenvalue weighted by atomic mass is 10.1. The fourth-order valence-electron chi connectivity index (χ4n) is 1.29. The molecule has 0 aliphatic carbocycles. The Labute approximate surface area is 84.9 Å². The summed E-state index contributed by atoms with van der Waals surface area (Å²) in [6.45, 7) is 0.483. The Morgan fingerprint density at radius 2 is 2.23 bits per heavy atom. The van der Waals surface area contributed by atoms with Gasteiger partial charge in [-0.05, 0) is 17.5 Å². The van der Waals surface area contributed by atoms with Crippen molar-refractivity contribution in [3.8, 4) is 0 Å². The zero-order chi connectivity index (χ0) is 9.26. The van der Waals surface area contributed by atoms with Gasteiger partial charge in [-0.25, -0.2) is 0 Å². The van der Waals surface area contributed by atoms with Crippen LogP contribution in [0.2, 0.25) is 0 Å². The maximum Gasteiger partial charge on any atom is 0.0546 e. The van der Waals surface area contributed by atoms with E-state index in [0.29, 0.717) is 6.54 Å². The third-order valence-corrected chi connectivity index (χ3v) is 2.67. The lowest BCUT2D eigenvalue weighted by Gasteiger charge is -2.01. The highest BCUT2D eigenvalue weighted by molar-refractivity contribution is 9.10. The van der Waals surface area contributed by atoms with Gasteiger partial charge in [0.1, 0.15) is 0 Å². The molecule has 3 heteroatoms. The molecule has 0 saturated carbocycles. The van der Waals surface area contributed by atoms with Gasteiger partial charge in [0.2, 0.25) is 0 Å². The van der Waals surface area contributed by atoms with Crippen LogP contribution in [0.25, 0.3) is 10.8 Å². The molecule has 2 aromatic rings. The molecule has 1 heterocycles. The van der Waals surface area contributed by atoms with Crippen molar-refractivity contribution in [1.29, 1.82) is 0 Å². The van der Waals surface area contributed by atoms with Gasteiger partial charge >= 0.3 is 0 Å². The fourth-order valence-corrected chi connectivity index (χ4v) is 1.78. The van der Waals surface area contributed by atoms with Crippen LogP contribution >= 0.6 is 15.9 Å². The summed E-state index contributed by atoms with van der Waals surface area (Å²) in [5.74, 6) is 0. The van der Waals surface area contributed by atoms with Gasteiger partial charge in [-0.3, -0.25) is 4.98 Å². The predicted octanol–water partition coefficient (Wildman–Crippen LogP) is 2.46. The van der Waals surface area contributed by atoms with Crippen molar-refractivity contribution in [3.05, 3.63) is 40.6 Å². The minimum atomic E-state index is 0.483. The Kier molecular flexibility index (Phi) is 2.29. The number of hydrogen-bond donors (Lipinski definition) is 1. The molecule has 2 rings (SSSR count). The van der Waals surface area contributed by atoms with Gasteiger partial charge in [0.25, 0.3) is 0 Å². The number of halogens is 1. The van der Waals surface area contributed by atoms with E-state index in [9.17, 15) is 0 Å². The van der Waals surface area contributed by atoms with Crippen LogP contribution in [0, 0.1) is 0 Å². The van der Waals surface area contributed by atoms with Gasteiger partial charge in [0.15, 0.2) is 0 Å². The minimum Gasteiger partial charge on any atom is -0.325 e. The van der Waals surface area contributed by atoms with Gasteiger partial charge in [-0.15, -0.1) is 0 Å². The molecule has 0 saturated heterocycles. The van der Waals surface area contributed by atoms with Crippen LogP contribution < -0.4 is 5.73 Å². The molecule has 0 aliphatic rings. The van der Waals surface area contributed by atoms with Crippen LogP contribution in [-0.4, -0.2) is 4.98 Å². The molecule has 0 bridgehead atoms. The number of nitrogens with zero attached hydrogens (tertiary/aromatic N) is 1. The minimum absolute atomic E-state index is 0.483. The number of nitrogens with two attached hydrogens (primary N) is 1. The quantitative estimate of drug-likeness (QED) is 0.827. The molecule has 0 aliphatic heterocycles. The molecule has 1 aromatic carbocycles. The maximum atomic E-state index is 5.51. The third kappa shape index (κ3) is 1.57. The van der Waals surface area contributed by atoms with Crippen molar-refractivity contribution in [3.63, 3.8) is 0 Å². The highest BCUT2D eigenvalue weighted by atomic mass is 79.9. The van der Waals surface area contributed by atoms with Gasteiger partial charge in [-0.1, -0.05) is 28.1 Å². The molecule has 0 atom stereocenters. The predicted molar refractivity (Wildman–Crippen MR) is 57.3 cm³/mol. The zero-order valence-electron chi connectivity index (χ0n) is 7.00. The first kappa shape index (κ1) is 8.66. The first-order valence-corrected chi connectivity index (χ1v) is 4.84. The summed E-state index contributed by atoms with van der Waals surface area (Å²) in [7, 11) is 0. The summed E-state index contributed by atoms with van der Waals surface area (Å²) < 4.78 is 1.09. The molecule has 66 valence electrons. The molecule has 0 spiro atoms.